The molecule has 6 heteroatoms. The van der Waals surface area contributed by atoms with E-state index in [9.17, 15) is 18.0 Å². The smallest absolute Gasteiger partial charge is 0.254 e. The lowest BCUT2D eigenvalue weighted by molar-refractivity contribution is 0.0938. The van der Waals surface area contributed by atoms with Gasteiger partial charge in [-0.1, -0.05) is 6.42 Å². The maximum atomic E-state index is 13.4. The van der Waals surface area contributed by atoms with E-state index in [1.54, 1.807) is 0 Å². The first-order valence-electron chi connectivity index (χ1n) is 6.54. The number of amides is 1. The molecule has 0 bridgehead atoms. The lowest BCUT2D eigenvalue weighted by Gasteiger charge is -2.25. The van der Waals surface area contributed by atoms with Gasteiger partial charge in [0.05, 0.1) is 5.56 Å². The van der Waals surface area contributed by atoms with Gasteiger partial charge in [-0.05, 0) is 37.3 Å². The number of carbonyl (C=O) groups is 1. The predicted molar refractivity (Wildman–Crippen MR) is 70.2 cm³/mol. The van der Waals surface area contributed by atoms with Crippen molar-refractivity contribution < 1.29 is 18.0 Å². The van der Waals surface area contributed by atoms with E-state index in [1.807, 2.05) is 0 Å². The van der Waals surface area contributed by atoms with Gasteiger partial charge in [0.25, 0.3) is 5.91 Å². The zero-order valence-electron chi connectivity index (χ0n) is 10.8. The average Bonchev–Trinajstić information content (AvgIpc) is 2.42. The van der Waals surface area contributed by atoms with E-state index in [0.717, 1.165) is 37.8 Å². The Morgan fingerprint density at radius 2 is 2.00 bits per heavy atom. The molecule has 0 heterocycles. The molecule has 110 valence electrons. The summed E-state index contributed by atoms with van der Waals surface area (Å²) in [5, 5.41) is 2.65. The molecular weight excluding hydrogens is 291 g/mol. The van der Waals surface area contributed by atoms with E-state index in [1.165, 1.54) is 0 Å². The van der Waals surface area contributed by atoms with Gasteiger partial charge in [-0.3, -0.25) is 4.79 Å². The second-order valence-corrected chi connectivity index (χ2v) is 5.68. The van der Waals surface area contributed by atoms with Crippen LogP contribution < -0.4 is 5.32 Å². The highest BCUT2D eigenvalue weighted by Crippen LogP contribution is 2.27. The van der Waals surface area contributed by atoms with Crippen LogP contribution in [0.2, 0.25) is 0 Å². The Labute approximate surface area is 120 Å². The van der Waals surface area contributed by atoms with E-state index < -0.39 is 28.9 Å². The van der Waals surface area contributed by atoms with Crippen molar-refractivity contribution in [2.45, 2.75) is 31.1 Å². The van der Waals surface area contributed by atoms with Crippen LogP contribution in [-0.2, 0) is 0 Å². The second kappa shape index (κ2) is 6.48. The highest BCUT2D eigenvalue weighted by molar-refractivity contribution is 6.20. The fourth-order valence-electron chi connectivity index (χ4n) is 2.44. The molecule has 1 fully saturated rings. The van der Waals surface area contributed by atoms with Crippen molar-refractivity contribution in [3.8, 4) is 0 Å². The molecule has 1 aliphatic rings. The van der Waals surface area contributed by atoms with Crippen molar-refractivity contribution in [1.29, 1.82) is 0 Å². The molecule has 0 saturated heterocycles. The molecule has 1 aromatic carbocycles. The zero-order valence-corrected chi connectivity index (χ0v) is 11.5. The van der Waals surface area contributed by atoms with Crippen LogP contribution in [0.5, 0.6) is 0 Å². The number of benzene rings is 1. The molecule has 2 unspecified atom stereocenters. The topological polar surface area (TPSA) is 29.1 Å². The Kier molecular flexibility index (Phi) is 4.91. The molecule has 0 aromatic heterocycles. The standard InChI is InChI=1S/C14H15ClF3NO/c15-9-3-1-2-8(6-9)7-19-14(20)10-4-5-11(16)13(18)12(10)17/h4-5,8-9H,1-3,6-7H2,(H,19,20). The van der Waals surface area contributed by atoms with Crippen molar-refractivity contribution in [2.75, 3.05) is 6.54 Å². The largest absolute Gasteiger partial charge is 0.352 e. The van der Waals surface area contributed by atoms with Crippen molar-refractivity contribution >= 4 is 17.5 Å². The summed E-state index contributed by atoms with van der Waals surface area (Å²) in [6, 6.07) is 1.68. The van der Waals surface area contributed by atoms with Crippen molar-refractivity contribution in [1.82, 2.24) is 5.32 Å². The van der Waals surface area contributed by atoms with Gasteiger partial charge in [0.2, 0.25) is 0 Å². The molecule has 1 saturated carbocycles. The third-order valence-corrected chi connectivity index (χ3v) is 3.95. The number of alkyl halides is 1. The summed E-state index contributed by atoms with van der Waals surface area (Å²) in [5.74, 6) is -4.89. The first-order valence-corrected chi connectivity index (χ1v) is 6.98. The van der Waals surface area contributed by atoms with Gasteiger partial charge in [0, 0.05) is 11.9 Å². The number of rotatable bonds is 3. The predicted octanol–water partition coefficient (Wildman–Crippen LogP) is 3.63. The molecule has 2 nitrogen and oxygen atoms in total. The van der Waals surface area contributed by atoms with Crippen LogP contribution in [0.25, 0.3) is 0 Å². The van der Waals surface area contributed by atoms with E-state index >= 15 is 0 Å². The SMILES string of the molecule is O=C(NCC1CCCC(Cl)C1)c1ccc(F)c(F)c1F. The Bertz CT molecular complexity index is 509. The quantitative estimate of drug-likeness (QED) is 0.670. The molecule has 2 rings (SSSR count). The van der Waals surface area contributed by atoms with Crippen LogP contribution >= 0.6 is 11.6 Å². The molecule has 1 N–H and O–H groups in total. The summed E-state index contributed by atoms with van der Waals surface area (Å²) in [6.45, 7) is 0.362. The highest BCUT2D eigenvalue weighted by atomic mass is 35.5. The number of halogens is 4. The number of hydrogen-bond donors (Lipinski definition) is 1. The molecule has 1 amide bonds. The summed E-state index contributed by atoms with van der Waals surface area (Å²) < 4.78 is 39.3. The lowest BCUT2D eigenvalue weighted by Crippen LogP contribution is -2.32. The second-order valence-electron chi connectivity index (χ2n) is 5.06. The minimum absolute atomic E-state index is 0.102. The maximum absolute atomic E-state index is 13.4. The fourth-order valence-corrected chi connectivity index (χ4v) is 2.85. The summed E-state index contributed by atoms with van der Waals surface area (Å²) in [4.78, 5) is 11.8. The van der Waals surface area contributed by atoms with Gasteiger partial charge < -0.3 is 5.32 Å². The third kappa shape index (κ3) is 3.45. The van der Waals surface area contributed by atoms with Gasteiger partial charge in [0.1, 0.15) is 0 Å². The molecule has 0 radical (unpaired) electrons. The number of nitrogens with one attached hydrogen (secondary N) is 1. The van der Waals surface area contributed by atoms with Crippen LogP contribution in [0, 0.1) is 23.4 Å². The van der Waals surface area contributed by atoms with Gasteiger partial charge in [-0.15, -0.1) is 11.6 Å². The van der Waals surface area contributed by atoms with Crippen molar-refractivity contribution in [3.05, 3.63) is 35.1 Å². The van der Waals surface area contributed by atoms with Crippen LogP contribution in [0.4, 0.5) is 13.2 Å². The molecule has 2 atom stereocenters. The molecule has 0 spiro atoms. The average molecular weight is 306 g/mol. The van der Waals surface area contributed by atoms with Gasteiger partial charge in [0.15, 0.2) is 17.5 Å². The van der Waals surface area contributed by atoms with E-state index in [4.69, 9.17) is 11.6 Å². The Hall–Kier alpha value is -1.23. The van der Waals surface area contributed by atoms with Gasteiger partial charge >= 0.3 is 0 Å². The summed E-state index contributed by atoms with van der Waals surface area (Å²) in [6.07, 6.45) is 3.70. The van der Waals surface area contributed by atoms with Gasteiger partial charge in [-0.2, -0.15) is 0 Å². The van der Waals surface area contributed by atoms with Crippen molar-refractivity contribution in [3.63, 3.8) is 0 Å². The normalized spacial score (nSPS) is 22.6. The lowest BCUT2D eigenvalue weighted by atomic mass is 9.89. The molecular formula is C14H15ClF3NO. The maximum Gasteiger partial charge on any atom is 0.254 e. The van der Waals surface area contributed by atoms with E-state index in [2.05, 4.69) is 5.32 Å². The third-order valence-electron chi connectivity index (χ3n) is 3.55. The van der Waals surface area contributed by atoms with Gasteiger partial charge in [-0.25, -0.2) is 13.2 Å². The zero-order chi connectivity index (χ0) is 14.7. The van der Waals surface area contributed by atoms with Crippen LogP contribution in [0.1, 0.15) is 36.0 Å². The fraction of sp³-hybridized carbons (Fsp3) is 0.500. The molecule has 20 heavy (non-hydrogen) atoms. The van der Waals surface area contributed by atoms with Crippen LogP contribution in [0.15, 0.2) is 12.1 Å². The molecule has 1 aliphatic carbocycles. The Balaban J connectivity index is 1.97. The van der Waals surface area contributed by atoms with E-state index in [0.29, 0.717) is 6.54 Å². The Morgan fingerprint density at radius 1 is 1.25 bits per heavy atom. The molecule has 1 aromatic rings. The summed E-state index contributed by atoms with van der Waals surface area (Å²) in [5.41, 5.74) is -0.484. The first kappa shape index (κ1) is 15.2. The van der Waals surface area contributed by atoms with Crippen LogP contribution in [-0.4, -0.2) is 17.8 Å². The number of carbonyl (C=O) groups excluding carboxylic acids is 1. The van der Waals surface area contributed by atoms with Crippen LogP contribution in [0.3, 0.4) is 0 Å². The number of hydrogen-bond acceptors (Lipinski definition) is 1. The highest BCUT2D eigenvalue weighted by Gasteiger charge is 2.22. The molecule has 0 aliphatic heterocycles. The summed E-state index contributed by atoms with van der Waals surface area (Å²) >= 11 is 6.04. The minimum Gasteiger partial charge on any atom is -0.352 e. The minimum atomic E-state index is -1.63. The van der Waals surface area contributed by atoms with E-state index in [-0.39, 0.29) is 11.3 Å². The summed E-state index contributed by atoms with van der Waals surface area (Å²) in [7, 11) is 0. The first-order chi connectivity index (χ1) is 9.49. The van der Waals surface area contributed by atoms with Crippen molar-refractivity contribution in [2.24, 2.45) is 5.92 Å². The Morgan fingerprint density at radius 3 is 2.70 bits per heavy atom. The monoisotopic (exact) mass is 305 g/mol.